The third-order valence-corrected chi connectivity index (χ3v) is 5.23. The number of fused-ring (bicyclic) bond motifs is 1. The summed E-state index contributed by atoms with van der Waals surface area (Å²) in [7, 11) is 0. The highest BCUT2D eigenvalue weighted by Crippen LogP contribution is 2.42. The van der Waals surface area contributed by atoms with E-state index in [9.17, 15) is 9.59 Å². The average Bonchev–Trinajstić information content (AvgIpc) is 3.12. The van der Waals surface area contributed by atoms with Crippen LogP contribution in [0.4, 0.5) is 0 Å². The van der Waals surface area contributed by atoms with E-state index >= 15 is 0 Å². The van der Waals surface area contributed by atoms with Gasteiger partial charge in [-0.1, -0.05) is 30.3 Å². The molecule has 1 unspecified atom stereocenters. The molecule has 2 aromatic heterocycles. The largest absolute Gasteiger partial charge is 0.332 e. The van der Waals surface area contributed by atoms with Crippen molar-refractivity contribution in [2.45, 2.75) is 31.7 Å². The SMILES string of the molecule is CC1(C)C(c2ccccc2)CCN1C(=O)c1ccc2[nH]c(=O)[nH]c2n1. The summed E-state index contributed by atoms with van der Waals surface area (Å²) >= 11 is 0. The highest BCUT2D eigenvalue weighted by molar-refractivity contribution is 5.94. The van der Waals surface area contributed by atoms with Gasteiger partial charge in [0.05, 0.1) is 5.52 Å². The molecule has 1 fully saturated rings. The Balaban J connectivity index is 1.66. The lowest BCUT2D eigenvalue weighted by molar-refractivity contribution is 0.0629. The number of aromatic amines is 2. The first-order chi connectivity index (χ1) is 12.0. The number of rotatable bonds is 2. The van der Waals surface area contributed by atoms with Gasteiger partial charge in [0.2, 0.25) is 0 Å². The van der Waals surface area contributed by atoms with E-state index in [1.54, 1.807) is 12.1 Å². The lowest BCUT2D eigenvalue weighted by Crippen LogP contribution is -2.45. The third kappa shape index (κ3) is 2.54. The number of nitrogens with zero attached hydrogens (tertiary/aromatic N) is 2. The molecule has 3 aromatic rings. The smallest absolute Gasteiger partial charge is 0.325 e. The number of hydrogen-bond donors (Lipinski definition) is 2. The van der Waals surface area contributed by atoms with Crippen molar-refractivity contribution in [2.75, 3.05) is 6.54 Å². The van der Waals surface area contributed by atoms with Crippen molar-refractivity contribution in [3.63, 3.8) is 0 Å². The van der Waals surface area contributed by atoms with Crippen LogP contribution in [0.1, 0.15) is 42.2 Å². The van der Waals surface area contributed by atoms with Crippen molar-refractivity contribution in [1.29, 1.82) is 0 Å². The standard InChI is InChI=1S/C19H20N4O2/c1-19(2)13(12-6-4-3-5-7-12)10-11-23(19)17(24)15-9-8-14-16(20-15)22-18(25)21-14/h3-9,13H,10-11H2,1-2H3,(H2,20,21,22,25). The number of aromatic nitrogens is 3. The number of pyridine rings is 1. The summed E-state index contributed by atoms with van der Waals surface area (Å²) in [5, 5.41) is 0. The predicted octanol–water partition coefficient (Wildman–Crippen LogP) is 2.66. The molecule has 0 saturated carbocycles. The minimum atomic E-state index is -0.322. The fraction of sp³-hybridized carbons (Fsp3) is 0.316. The van der Waals surface area contributed by atoms with Gasteiger partial charge in [0.1, 0.15) is 5.69 Å². The summed E-state index contributed by atoms with van der Waals surface area (Å²) in [5.41, 5.74) is 1.99. The molecule has 1 aliphatic rings. The molecule has 0 aliphatic carbocycles. The van der Waals surface area contributed by atoms with Gasteiger partial charge in [0, 0.05) is 18.0 Å². The van der Waals surface area contributed by atoms with E-state index in [2.05, 4.69) is 40.9 Å². The summed E-state index contributed by atoms with van der Waals surface area (Å²) < 4.78 is 0. The lowest BCUT2D eigenvalue weighted by Gasteiger charge is -2.36. The zero-order valence-corrected chi connectivity index (χ0v) is 14.2. The molecule has 0 radical (unpaired) electrons. The van der Waals surface area contributed by atoms with Gasteiger partial charge in [-0.15, -0.1) is 0 Å². The van der Waals surface area contributed by atoms with Gasteiger partial charge in [-0.05, 0) is 38.0 Å². The molecule has 1 aromatic carbocycles. The quantitative estimate of drug-likeness (QED) is 0.755. The first kappa shape index (κ1) is 15.6. The topological polar surface area (TPSA) is 81.9 Å². The Hall–Kier alpha value is -2.89. The van der Waals surface area contributed by atoms with Crippen LogP contribution >= 0.6 is 0 Å². The molecule has 2 N–H and O–H groups in total. The minimum Gasteiger partial charge on any atom is -0.332 e. The number of imidazole rings is 1. The van der Waals surface area contributed by atoms with Crippen molar-refractivity contribution in [1.82, 2.24) is 19.9 Å². The Morgan fingerprint density at radius 3 is 2.68 bits per heavy atom. The first-order valence-corrected chi connectivity index (χ1v) is 8.43. The van der Waals surface area contributed by atoms with Crippen molar-refractivity contribution in [2.24, 2.45) is 0 Å². The summed E-state index contributed by atoms with van der Waals surface area (Å²) in [4.78, 5) is 35.9. The van der Waals surface area contributed by atoms with Crippen LogP contribution < -0.4 is 5.69 Å². The second-order valence-corrected chi connectivity index (χ2v) is 7.03. The van der Waals surface area contributed by atoms with Gasteiger partial charge in [0.25, 0.3) is 5.91 Å². The number of hydrogen-bond acceptors (Lipinski definition) is 3. The van der Waals surface area contributed by atoms with E-state index in [1.165, 1.54) is 5.56 Å². The van der Waals surface area contributed by atoms with Crippen molar-refractivity contribution in [3.05, 3.63) is 64.2 Å². The van der Waals surface area contributed by atoms with Crippen LogP contribution in [0.25, 0.3) is 11.2 Å². The number of amides is 1. The molecule has 4 rings (SSSR count). The van der Waals surface area contributed by atoms with E-state index in [1.807, 2.05) is 23.1 Å². The Kier molecular flexibility index (Phi) is 3.49. The first-order valence-electron chi connectivity index (χ1n) is 8.43. The summed E-state index contributed by atoms with van der Waals surface area (Å²) in [6.45, 7) is 4.90. The Morgan fingerprint density at radius 2 is 1.92 bits per heavy atom. The second kappa shape index (κ2) is 5.58. The summed E-state index contributed by atoms with van der Waals surface area (Å²) in [5.74, 6) is 0.181. The highest BCUT2D eigenvalue weighted by Gasteiger charge is 2.44. The van der Waals surface area contributed by atoms with E-state index in [0.29, 0.717) is 23.4 Å². The van der Waals surface area contributed by atoms with E-state index < -0.39 is 0 Å². The molecule has 1 aliphatic heterocycles. The zero-order chi connectivity index (χ0) is 17.6. The maximum atomic E-state index is 13.1. The van der Waals surface area contributed by atoms with Crippen molar-refractivity contribution < 1.29 is 4.79 Å². The van der Waals surface area contributed by atoms with Gasteiger partial charge in [-0.2, -0.15) is 0 Å². The number of nitrogens with one attached hydrogen (secondary N) is 2. The number of benzene rings is 1. The van der Waals surface area contributed by atoms with Crippen molar-refractivity contribution >= 4 is 17.1 Å². The van der Waals surface area contributed by atoms with E-state index in [4.69, 9.17) is 0 Å². The lowest BCUT2D eigenvalue weighted by atomic mass is 9.82. The van der Waals surface area contributed by atoms with Gasteiger partial charge >= 0.3 is 5.69 Å². The van der Waals surface area contributed by atoms with Crippen LogP contribution in [0.2, 0.25) is 0 Å². The van der Waals surface area contributed by atoms with Crippen LogP contribution in [-0.4, -0.2) is 37.8 Å². The monoisotopic (exact) mass is 336 g/mol. The number of carbonyl (C=O) groups is 1. The molecule has 3 heterocycles. The molecule has 1 saturated heterocycles. The average molecular weight is 336 g/mol. The van der Waals surface area contributed by atoms with Gasteiger partial charge in [-0.3, -0.25) is 9.78 Å². The summed E-state index contributed by atoms with van der Waals surface area (Å²) in [6.07, 6.45) is 0.923. The Labute approximate surface area is 144 Å². The van der Waals surface area contributed by atoms with Crippen LogP contribution in [0.5, 0.6) is 0 Å². The molecular weight excluding hydrogens is 316 g/mol. The Bertz CT molecular complexity index is 987. The molecule has 128 valence electrons. The molecule has 25 heavy (non-hydrogen) atoms. The van der Waals surface area contributed by atoms with Crippen LogP contribution in [-0.2, 0) is 0 Å². The number of H-pyrrole nitrogens is 2. The highest BCUT2D eigenvalue weighted by atomic mass is 16.2. The van der Waals surface area contributed by atoms with Gasteiger partial charge < -0.3 is 9.88 Å². The fourth-order valence-electron chi connectivity index (χ4n) is 3.88. The van der Waals surface area contributed by atoms with Crippen molar-refractivity contribution in [3.8, 4) is 0 Å². The molecule has 1 atom stereocenters. The fourth-order valence-corrected chi connectivity index (χ4v) is 3.88. The molecule has 1 amide bonds. The molecule has 6 heteroatoms. The maximum Gasteiger partial charge on any atom is 0.325 e. The van der Waals surface area contributed by atoms with Crippen LogP contribution in [0.15, 0.2) is 47.3 Å². The molecule has 0 spiro atoms. The molecule has 6 nitrogen and oxygen atoms in total. The minimum absolute atomic E-state index is 0.104. The maximum absolute atomic E-state index is 13.1. The molecular formula is C19H20N4O2. The van der Waals surface area contributed by atoms with Gasteiger partial charge in [-0.25, -0.2) is 9.78 Å². The van der Waals surface area contributed by atoms with Crippen LogP contribution in [0, 0.1) is 0 Å². The number of likely N-dealkylation sites (tertiary alicyclic amines) is 1. The second-order valence-electron chi connectivity index (χ2n) is 7.03. The van der Waals surface area contributed by atoms with Gasteiger partial charge in [0.15, 0.2) is 5.65 Å². The zero-order valence-electron chi connectivity index (χ0n) is 14.2. The normalized spacial score (nSPS) is 19.4. The predicted molar refractivity (Wildman–Crippen MR) is 95.6 cm³/mol. The van der Waals surface area contributed by atoms with E-state index in [0.717, 1.165) is 6.42 Å². The molecule has 0 bridgehead atoms. The number of carbonyl (C=O) groups excluding carboxylic acids is 1. The third-order valence-electron chi connectivity index (χ3n) is 5.23. The Morgan fingerprint density at radius 1 is 1.16 bits per heavy atom. The van der Waals surface area contributed by atoms with E-state index in [-0.39, 0.29) is 23.1 Å². The van der Waals surface area contributed by atoms with Crippen LogP contribution in [0.3, 0.4) is 0 Å². The summed E-state index contributed by atoms with van der Waals surface area (Å²) in [6, 6.07) is 13.7.